The number of hydrogen-bond acceptors (Lipinski definition) is 3. The Balaban J connectivity index is 2.38. The summed E-state index contributed by atoms with van der Waals surface area (Å²) >= 11 is 5.08. The molecule has 0 bridgehead atoms. The van der Waals surface area contributed by atoms with Gasteiger partial charge in [-0.1, -0.05) is 13.8 Å². The lowest BCUT2D eigenvalue weighted by molar-refractivity contribution is 0.289. The maximum atomic E-state index is 5.67. The largest absolute Gasteiger partial charge is 0.494 e. The Morgan fingerprint density at radius 2 is 1.90 bits per heavy atom. The van der Waals surface area contributed by atoms with Gasteiger partial charge in [-0.3, -0.25) is 5.43 Å². The van der Waals surface area contributed by atoms with Crippen molar-refractivity contribution < 1.29 is 4.74 Å². The maximum Gasteiger partial charge on any atom is 0.187 e. The second kappa shape index (κ2) is 9.34. The van der Waals surface area contributed by atoms with E-state index < -0.39 is 0 Å². The van der Waals surface area contributed by atoms with Gasteiger partial charge in [0.2, 0.25) is 0 Å². The first-order chi connectivity index (χ1) is 9.97. The number of ether oxygens (including phenoxy) is 1. The van der Waals surface area contributed by atoms with Crippen molar-refractivity contribution in [3.63, 3.8) is 0 Å². The van der Waals surface area contributed by atoms with Gasteiger partial charge < -0.3 is 10.1 Å². The zero-order valence-electron chi connectivity index (χ0n) is 13.2. The number of benzene rings is 1. The van der Waals surface area contributed by atoms with Gasteiger partial charge in [0.1, 0.15) is 5.75 Å². The molecule has 0 atom stereocenters. The lowest BCUT2D eigenvalue weighted by Crippen LogP contribution is -2.36. The fourth-order valence-electron chi connectivity index (χ4n) is 1.52. The zero-order chi connectivity index (χ0) is 15.7. The molecule has 0 aromatic heterocycles. The summed E-state index contributed by atoms with van der Waals surface area (Å²) in [5.74, 6) is 1.54. The van der Waals surface area contributed by atoms with Crippen LogP contribution in [0.25, 0.3) is 0 Å². The summed E-state index contributed by atoms with van der Waals surface area (Å²) in [6, 6.07) is 8.13. The molecular formula is C16H25N3OS. The zero-order valence-corrected chi connectivity index (χ0v) is 14.0. The summed E-state index contributed by atoms with van der Waals surface area (Å²) < 4.78 is 5.67. The molecule has 1 aromatic carbocycles. The standard InChI is InChI=1S/C16H25N3OS/c1-12(2)9-10-20-15-7-5-14(6-8-15)11-17-19-16(21)18-13(3)4/h5-8,11-13H,9-10H2,1-4H3,(H2,18,19,21)/b17-11-. The first-order valence-electron chi connectivity index (χ1n) is 7.30. The molecule has 21 heavy (non-hydrogen) atoms. The average molecular weight is 307 g/mol. The second-order valence-corrected chi connectivity index (χ2v) is 6.01. The highest BCUT2D eigenvalue weighted by Gasteiger charge is 1.97. The summed E-state index contributed by atoms with van der Waals surface area (Å²) in [5, 5.41) is 7.67. The maximum absolute atomic E-state index is 5.67. The van der Waals surface area contributed by atoms with Crippen LogP contribution in [-0.4, -0.2) is 24.0 Å². The van der Waals surface area contributed by atoms with Crippen LogP contribution < -0.4 is 15.5 Å². The summed E-state index contributed by atoms with van der Waals surface area (Å²) in [4.78, 5) is 0. The number of rotatable bonds is 7. The van der Waals surface area contributed by atoms with Crippen molar-refractivity contribution in [1.82, 2.24) is 10.7 Å². The van der Waals surface area contributed by atoms with Gasteiger partial charge in [0.25, 0.3) is 0 Å². The van der Waals surface area contributed by atoms with E-state index >= 15 is 0 Å². The van der Waals surface area contributed by atoms with Gasteiger partial charge >= 0.3 is 0 Å². The van der Waals surface area contributed by atoms with Crippen LogP contribution in [0.15, 0.2) is 29.4 Å². The van der Waals surface area contributed by atoms with Crippen LogP contribution in [0.3, 0.4) is 0 Å². The number of nitrogens with zero attached hydrogens (tertiary/aromatic N) is 1. The Kier molecular flexibility index (Phi) is 7.75. The molecule has 0 heterocycles. The van der Waals surface area contributed by atoms with E-state index in [1.54, 1.807) is 6.21 Å². The Bertz CT molecular complexity index is 455. The smallest absolute Gasteiger partial charge is 0.187 e. The minimum absolute atomic E-state index is 0.294. The molecule has 0 aliphatic carbocycles. The van der Waals surface area contributed by atoms with Crippen molar-refractivity contribution >= 4 is 23.5 Å². The van der Waals surface area contributed by atoms with Gasteiger partial charge in [-0.25, -0.2) is 0 Å². The topological polar surface area (TPSA) is 45.6 Å². The number of hydrogen-bond donors (Lipinski definition) is 2. The highest BCUT2D eigenvalue weighted by atomic mass is 32.1. The molecule has 2 N–H and O–H groups in total. The van der Waals surface area contributed by atoms with Crippen LogP contribution in [-0.2, 0) is 0 Å². The van der Waals surface area contributed by atoms with Crippen molar-refractivity contribution in [1.29, 1.82) is 0 Å². The van der Waals surface area contributed by atoms with Gasteiger partial charge in [0, 0.05) is 6.04 Å². The molecular weight excluding hydrogens is 282 g/mol. The first-order valence-corrected chi connectivity index (χ1v) is 7.70. The van der Waals surface area contributed by atoms with Gasteiger partial charge in [-0.15, -0.1) is 0 Å². The van der Waals surface area contributed by atoms with E-state index in [1.165, 1.54) is 0 Å². The third-order valence-corrected chi connectivity index (χ3v) is 2.85. The van der Waals surface area contributed by atoms with Crippen LogP contribution in [0.2, 0.25) is 0 Å². The summed E-state index contributed by atoms with van der Waals surface area (Å²) in [7, 11) is 0. The van der Waals surface area contributed by atoms with Crippen molar-refractivity contribution in [2.45, 2.75) is 40.2 Å². The van der Waals surface area contributed by atoms with Crippen LogP contribution in [0.4, 0.5) is 0 Å². The molecule has 116 valence electrons. The van der Waals surface area contributed by atoms with Gasteiger partial charge in [-0.2, -0.15) is 5.10 Å². The summed E-state index contributed by atoms with van der Waals surface area (Å²) in [6.07, 6.45) is 2.79. The minimum atomic E-state index is 0.294. The molecule has 0 fully saturated rings. The van der Waals surface area contributed by atoms with Gasteiger partial charge in [-0.05, 0) is 68.2 Å². The minimum Gasteiger partial charge on any atom is -0.494 e. The predicted molar refractivity (Wildman–Crippen MR) is 93.0 cm³/mol. The number of hydrazone groups is 1. The normalized spacial score (nSPS) is 11.1. The molecule has 0 aliphatic rings. The molecule has 5 heteroatoms. The summed E-state index contributed by atoms with van der Waals surface area (Å²) in [5.41, 5.74) is 3.77. The van der Waals surface area contributed by atoms with Crippen molar-refractivity contribution in [3.05, 3.63) is 29.8 Å². The molecule has 1 rings (SSSR count). The molecule has 0 saturated carbocycles. The van der Waals surface area contributed by atoms with Crippen molar-refractivity contribution in [2.24, 2.45) is 11.0 Å². The molecule has 0 radical (unpaired) electrons. The molecule has 1 aromatic rings. The Hall–Kier alpha value is -1.62. The Morgan fingerprint density at radius 3 is 2.48 bits per heavy atom. The van der Waals surface area contributed by atoms with Crippen LogP contribution in [0.5, 0.6) is 5.75 Å². The SMILES string of the molecule is CC(C)CCOc1ccc(/C=N\NC(=S)NC(C)C)cc1. The Morgan fingerprint density at radius 1 is 1.24 bits per heavy atom. The van der Waals surface area contributed by atoms with E-state index in [0.717, 1.165) is 24.3 Å². The van der Waals surface area contributed by atoms with E-state index in [-0.39, 0.29) is 0 Å². The molecule has 4 nitrogen and oxygen atoms in total. The third kappa shape index (κ3) is 8.30. The second-order valence-electron chi connectivity index (χ2n) is 5.60. The van der Waals surface area contributed by atoms with E-state index in [0.29, 0.717) is 17.1 Å². The van der Waals surface area contributed by atoms with Crippen molar-refractivity contribution in [2.75, 3.05) is 6.61 Å². The number of thiocarbonyl (C=S) groups is 1. The molecule has 0 aliphatic heterocycles. The van der Waals surface area contributed by atoms with Crippen LogP contribution in [0, 0.1) is 5.92 Å². The van der Waals surface area contributed by atoms with Crippen LogP contribution >= 0.6 is 12.2 Å². The molecule has 0 spiro atoms. The molecule has 0 unspecified atom stereocenters. The van der Waals surface area contributed by atoms with Gasteiger partial charge in [0.15, 0.2) is 5.11 Å². The fourth-order valence-corrected chi connectivity index (χ4v) is 1.81. The summed E-state index contributed by atoms with van der Waals surface area (Å²) in [6.45, 7) is 9.18. The first kappa shape index (κ1) is 17.4. The van der Waals surface area contributed by atoms with E-state index in [1.807, 2.05) is 38.1 Å². The van der Waals surface area contributed by atoms with Gasteiger partial charge in [0.05, 0.1) is 12.8 Å². The third-order valence-electron chi connectivity index (χ3n) is 2.64. The fraction of sp³-hybridized carbons (Fsp3) is 0.500. The van der Waals surface area contributed by atoms with Crippen molar-refractivity contribution in [3.8, 4) is 5.75 Å². The van der Waals surface area contributed by atoms with Crippen LogP contribution in [0.1, 0.15) is 39.7 Å². The Labute approximate surface area is 133 Å². The van der Waals surface area contributed by atoms with E-state index in [4.69, 9.17) is 17.0 Å². The quantitative estimate of drug-likeness (QED) is 0.461. The highest BCUT2D eigenvalue weighted by molar-refractivity contribution is 7.80. The lowest BCUT2D eigenvalue weighted by Gasteiger charge is -2.09. The predicted octanol–water partition coefficient (Wildman–Crippen LogP) is 3.32. The average Bonchev–Trinajstić information content (AvgIpc) is 2.39. The lowest BCUT2D eigenvalue weighted by atomic mass is 10.1. The molecule has 0 amide bonds. The van der Waals surface area contributed by atoms with E-state index in [2.05, 4.69) is 29.7 Å². The van der Waals surface area contributed by atoms with E-state index in [9.17, 15) is 0 Å². The number of nitrogens with one attached hydrogen (secondary N) is 2. The highest BCUT2D eigenvalue weighted by Crippen LogP contribution is 2.12. The monoisotopic (exact) mass is 307 g/mol. The molecule has 0 saturated heterocycles.